The Hall–Kier alpha value is -4.83. The first-order valence-electron chi connectivity index (χ1n) is 10.3. The number of Topliss-reactive ketones (excluding diaryl/α,β-unsaturated/α-hetero) is 1. The van der Waals surface area contributed by atoms with Gasteiger partial charge in [0.05, 0.1) is 28.4 Å². The Morgan fingerprint density at radius 3 is 2.39 bits per heavy atom. The third kappa shape index (κ3) is 3.82. The highest BCUT2D eigenvalue weighted by Crippen LogP contribution is 2.33. The van der Waals surface area contributed by atoms with Gasteiger partial charge in [-0.05, 0) is 30.3 Å². The van der Waals surface area contributed by atoms with E-state index in [0.29, 0.717) is 16.8 Å². The van der Waals surface area contributed by atoms with Gasteiger partial charge in [-0.3, -0.25) is 9.59 Å². The fraction of sp³-hybridized carbons (Fsp3) is 0.0385. The van der Waals surface area contributed by atoms with Crippen LogP contribution in [-0.2, 0) is 6.54 Å². The number of hydrogen-bond acceptors (Lipinski definition) is 5. The van der Waals surface area contributed by atoms with E-state index in [2.05, 4.69) is 5.10 Å². The summed E-state index contributed by atoms with van der Waals surface area (Å²) < 4.78 is 2.94. The molecule has 0 unspecified atom stereocenters. The third-order valence-electron chi connectivity index (χ3n) is 5.34. The van der Waals surface area contributed by atoms with Gasteiger partial charge in [0.25, 0.3) is 5.56 Å². The average Bonchev–Trinajstić information content (AvgIpc) is 3.25. The molecule has 0 aliphatic heterocycles. The van der Waals surface area contributed by atoms with Crippen LogP contribution in [-0.4, -0.2) is 25.2 Å². The Kier molecular flexibility index (Phi) is 5.09. The van der Waals surface area contributed by atoms with E-state index in [9.17, 15) is 9.59 Å². The predicted molar refractivity (Wildman–Crippen MR) is 124 cm³/mol. The molecule has 3 heterocycles. The quantitative estimate of drug-likeness (QED) is 0.393. The number of hydrogen-bond donors (Lipinski definition) is 0. The summed E-state index contributed by atoms with van der Waals surface area (Å²) in [6.45, 7) is -0.210. The smallest absolute Gasteiger partial charge is 0.267 e. The van der Waals surface area contributed by atoms with Crippen molar-refractivity contribution in [3.05, 3.63) is 113 Å². The maximum atomic E-state index is 12.8. The predicted octanol–water partition coefficient (Wildman–Crippen LogP) is 3.98. The van der Waals surface area contributed by atoms with Crippen LogP contribution in [0.5, 0.6) is 0 Å². The number of fused-ring (bicyclic) bond motifs is 1. The van der Waals surface area contributed by atoms with Gasteiger partial charge in [0.1, 0.15) is 12.2 Å². The van der Waals surface area contributed by atoms with Gasteiger partial charge >= 0.3 is 0 Å². The van der Waals surface area contributed by atoms with Crippen LogP contribution in [0.3, 0.4) is 0 Å². The minimum Gasteiger partial charge on any atom is -0.292 e. The molecule has 3 aromatic heterocycles. The summed E-state index contributed by atoms with van der Waals surface area (Å²) in [6, 6.07) is 26.9. The molecule has 0 saturated heterocycles. The first-order valence-corrected chi connectivity index (χ1v) is 10.3. The monoisotopic (exact) mass is 431 g/mol. The molecule has 0 fully saturated rings. The Labute approximate surface area is 188 Å². The second-order valence-corrected chi connectivity index (χ2v) is 7.45. The van der Waals surface area contributed by atoms with Crippen molar-refractivity contribution >= 4 is 11.3 Å². The van der Waals surface area contributed by atoms with Crippen molar-refractivity contribution in [1.82, 2.24) is 19.4 Å². The molecule has 2 aromatic carbocycles. The van der Waals surface area contributed by atoms with Crippen molar-refractivity contribution < 1.29 is 4.79 Å². The van der Waals surface area contributed by atoms with Crippen LogP contribution in [0.25, 0.3) is 28.0 Å². The number of carbonyl (C=O) groups is 1. The molecule has 7 nitrogen and oxygen atoms in total. The third-order valence-corrected chi connectivity index (χ3v) is 5.34. The zero-order chi connectivity index (χ0) is 22.8. The van der Waals surface area contributed by atoms with Crippen LogP contribution in [0.2, 0.25) is 0 Å². The second-order valence-electron chi connectivity index (χ2n) is 7.45. The van der Waals surface area contributed by atoms with Crippen LogP contribution in [0, 0.1) is 11.3 Å². The Morgan fingerprint density at radius 1 is 0.879 bits per heavy atom. The van der Waals surface area contributed by atoms with E-state index in [-0.39, 0.29) is 17.9 Å². The summed E-state index contributed by atoms with van der Waals surface area (Å²) in [5.74, 6) is -0.269. The lowest BCUT2D eigenvalue weighted by Gasteiger charge is -2.08. The Balaban J connectivity index is 1.59. The molecule has 0 atom stereocenters. The number of nitriles is 1. The van der Waals surface area contributed by atoms with Gasteiger partial charge in [-0.1, -0.05) is 48.5 Å². The van der Waals surface area contributed by atoms with Crippen molar-refractivity contribution in [2.45, 2.75) is 6.54 Å². The van der Waals surface area contributed by atoms with Crippen LogP contribution in [0.15, 0.2) is 95.9 Å². The molecule has 5 aromatic rings. The maximum absolute atomic E-state index is 12.8. The van der Waals surface area contributed by atoms with Crippen LogP contribution >= 0.6 is 0 Å². The van der Waals surface area contributed by atoms with Crippen molar-refractivity contribution in [3.63, 3.8) is 0 Å². The van der Waals surface area contributed by atoms with Gasteiger partial charge in [0.15, 0.2) is 5.78 Å². The molecular weight excluding hydrogens is 414 g/mol. The topological polar surface area (TPSA) is 93.0 Å². The highest BCUT2D eigenvalue weighted by Gasteiger charge is 2.19. The summed E-state index contributed by atoms with van der Waals surface area (Å²) in [4.78, 5) is 25.3. The first-order chi connectivity index (χ1) is 16.1. The molecule has 0 amide bonds. The van der Waals surface area contributed by atoms with Crippen molar-refractivity contribution in [2.75, 3.05) is 0 Å². The van der Waals surface area contributed by atoms with E-state index in [1.54, 1.807) is 34.8 Å². The lowest BCUT2D eigenvalue weighted by molar-refractivity contribution is 0.0966. The first kappa shape index (κ1) is 20.1. The number of benzene rings is 2. The number of nitrogens with zero attached hydrogens (tertiary/aromatic N) is 5. The number of aromatic nitrogens is 4. The highest BCUT2D eigenvalue weighted by atomic mass is 16.1. The lowest BCUT2D eigenvalue weighted by atomic mass is 10.0. The lowest BCUT2D eigenvalue weighted by Crippen LogP contribution is -2.26. The molecule has 0 saturated carbocycles. The molecule has 0 bridgehead atoms. The number of rotatable bonds is 5. The normalized spacial score (nSPS) is 10.8. The minimum atomic E-state index is -0.376. The average molecular weight is 431 g/mol. The van der Waals surface area contributed by atoms with Gasteiger partial charge in [0.2, 0.25) is 0 Å². The Morgan fingerprint density at radius 2 is 1.64 bits per heavy atom. The molecule has 0 radical (unpaired) electrons. The molecule has 33 heavy (non-hydrogen) atoms. The van der Waals surface area contributed by atoms with E-state index in [1.165, 1.54) is 6.07 Å². The van der Waals surface area contributed by atoms with E-state index in [4.69, 9.17) is 10.4 Å². The molecule has 7 heteroatoms. The molecule has 5 rings (SSSR count). The minimum absolute atomic E-state index is 0.210. The zero-order valence-electron chi connectivity index (χ0n) is 17.4. The second kappa shape index (κ2) is 8.36. The zero-order valence-corrected chi connectivity index (χ0v) is 17.4. The van der Waals surface area contributed by atoms with Gasteiger partial charge < -0.3 is 0 Å². The number of ketones is 1. The van der Waals surface area contributed by atoms with Crippen LogP contribution < -0.4 is 5.56 Å². The summed E-state index contributed by atoms with van der Waals surface area (Å²) >= 11 is 0. The van der Waals surface area contributed by atoms with E-state index in [1.807, 2.05) is 60.8 Å². The van der Waals surface area contributed by atoms with E-state index < -0.39 is 0 Å². The summed E-state index contributed by atoms with van der Waals surface area (Å²) in [5, 5.41) is 18.2. The molecule has 0 N–H and O–H groups in total. The largest absolute Gasteiger partial charge is 0.292 e. The van der Waals surface area contributed by atoms with Crippen molar-refractivity contribution in [1.29, 1.82) is 5.26 Å². The standard InChI is InChI=1S/C26H17N5O2/c27-16-18-9-11-19(12-10-18)23(32)17-31-24(33)14-13-21(28-31)25-22-8-4-5-15-30(22)29-26(25)20-6-2-1-3-7-20/h1-15H,17H2. The van der Waals surface area contributed by atoms with E-state index >= 15 is 0 Å². The SMILES string of the molecule is N#Cc1ccc(C(=O)Cn2nc(-c3c(-c4ccccc4)nn4ccccc34)ccc2=O)cc1. The van der Waals surface area contributed by atoms with Gasteiger partial charge in [0, 0.05) is 23.4 Å². The fourth-order valence-corrected chi connectivity index (χ4v) is 3.70. The van der Waals surface area contributed by atoms with Gasteiger partial charge in [-0.15, -0.1) is 0 Å². The summed E-state index contributed by atoms with van der Waals surface area (Å²) in [6.07, 6.45) is 1.86. The van der Waals surface area contributed by atoms with Crippen LogP contribution in [0.1, 0.15) is 15.9 Å². The van der Waals surface area contributed by atoms with Gasteiger partial charge in [-0.2, -0.15) is 15.5 Å². The fourth-order valence-electron chi connectivity index (χ4n) is 3.70. The highest BCUT2D eigenvalue weighted by molar-refractivity contribution is 5.96. The van der Waals surface area contributed by atoms with Gasteiger partial charge in [-0.25, -0.2) is 9.20 Å². The van der Waals surface area contributed by atoms with Crippen LogP contribution in [0.4, 0.5) is 0 Å². The Bertz CT molecular complexity index is 1580. The molecule has 158 valence electrons. The summed E-state index contributed by atoms with van der Waals surface area (Å²) in [5.41, 5.74) is 4.32. The summed E-state index contributed by atoms with van der Waals surface area (Å²) in [7, 11) is 0. The molecule has 0 spiro atoms. The number of pyridine rings is 1. The molecule has 0 aliphatic rings. The number of carbonyl (C=O) groups excluding carboxylic acids is 1. The maximum Gasteiger partial charge on any atom is 0.267 e. The van der Waals surface area contributed by atoms with Crippen molar-refractivity contribution in [2.24, 2.45) is 0 Å². The molecule has 0 aliphatic carbocycles. The van der Waals surface area contributed by atoms with Crippen molar-refractivity contribution in [3.8, 4) is 28.6 Å². The van der Waals surface area contributed by atoms with E-state index in [0.717, 1.165) is 27.0 Å². The molecular formula is C26H17N5O2.